The van der Waals surface area contributed by atoms with Crippen molar-refractivity contribution in [3.05, 3.63) is 24.3 Å². The maximum atomic E-state index is 11.3. The number of amides is 3. The first-order valence-corrected chi connectivity index (χ1v) is 6.71. The fourth-order valence-corrected chi connectivity index (χ4v) is 1.89. The summed E-state index contributed by atoms with van der Waals surface area (Å²) < 4.78 is 0. The van der Waals surface area contributed by atoms with Crippen molar-refractivity contribution in [3.8, 4) is 0 Å². The number of hydrogen-bond donors (Lipinski definition) is 3. The lowest BCUT2D eigenvalue weighted by Gasteiger charge is -2.23. The van der Waals surface area contributed by atoms with Crippen molar-refractivity contribution in [3.63, 3.8) is 0 Å². The molecule has 1 rings (SSSR count). The molecule has 1 aliphatic heterocycles. The van der Waals surface area contributed by atoms with Gasteiger partial charge in [0.05, 0.1) is 12.7 Å². The van der Waals surface area contributed by atoms with E-state index < -0.39 is 29.7 Å². The van der Waals surface area contributed by atoms with Crippen LogP contribution in [0.15, 0.2) is 24.3 Å². The van der Waals surface area contributed by atoms with Gasteiger partial charge in [0, 0.05) is 37.2 Å². The Balaban J connectivity index is 2.40. The molecule has 3 amide bonds. The summed E-state index contributed by atoms with van der Waals surface area (Å²) in [6.07, 6.45) is 3.90. The number of aliphatic hydroxyl groups excluding tert-OH is 2. The molecule has 0 bridgehead atoms. The van der Waals surface area contributed by atoms with Crippen molar-refractivity contribution < 1.29 is 29.4 Å². The molecule has 2 unspecified atom stereocenters. The van der Waals surface area contributed by atoms with Crippen LogP contribution in [0.5, 0.6) is 0 Å². The molecule has 0 saturated heterocycles. The van der Waals surface area contributed by atoms with E-state index in [1.807, 2.05) is 0 Å². The van der Waals surface area contributed by atoms with Crippen LogP contribution in [0.3, 0.4) is 0 Å². The van der Waals surface area contributed by atoms with E-state index in [1.54, 1.807) is 0 Å². The van der Waals surface area contributed by atoms with Crippen molar-refractivity contribution in [2.45, 2.75) is 12.5 Å². The van der Waals surface area contributed by atoms with Gasteiger partial charge in [0.1, 0.15) is 6.29 Å². The summed E-state index contributed by atoms with van der Waals surface area (Å²) in [5, 5.41) is 21.6. The largest absolute Gasteiger partial charge is 0.396 e. The van der Waals surface area contributed by atoms with Crippen LogP contribution in [0.25, 0.3) is 0 Å². The lowest BCUT2D eigenvalue weighted by atomic mass is 10.0. The van der Waals surface area contributed by atoms with Crippen LogP contribution in [0, 0.1) is 5.92 Å². The molecule has 0 aromatic carbocycles. The van der Waals surface area contributed by atoms with Gasteiger partial charge >= 0.3 is 0 Å². The molecule has 8 heteroatoms. The molecule has 1 aliphatic rings. The second-order valence-electron chi connectivity index (χ2n) is 4.70. The quantitative estimate of drug-likeness (QED) is 0.261. The van der Waals surface area contributed by atoms with Crippen LogP contribution < -0.4 is 5.32 Å². The molecule has 0 radical (unpaired) electrons. The number of nitrogens with zero attached hydrogens (tertiary/aromatic N) is 1. The molecule has 0 aromatic heterocycles. The summed E-state index contributed by atoms with van der Waals surface area (Å²) in [5.74, 6) is -2.05. The number of aliphatic hydroxyl groups is 2. The third-order valence-electron chi connectivity index (χ3n) is 3.19. The number of hydrogen-bond acceptors (Lipinski definition) is 6. The number of carbonyl (C=O) groups excluding carboxylic acids is 4. The number of carbonyl (C=O) groups is 4. The monoisotopic (exact) mass is 310 g/mol. The Morgan fingerprint density at radius 1 is 1.32 bits per heavy atom. The van der Waals surface area contributed by atoms with Gasteiger partial charge in [-0.25, -0.2) is 0 Å². The van der Waals surface area contributed by atoms with Crippen LogP contribution in [-0.4, -0.2) is 64.9 Å². The van der Waals surface area contributed by atoms with Crippen molar-refractivity contribution >= 4 is 24.0 Å². The number of allylic oxidation sites excluding steroid dienone is 1. The van der Waals surface area contributed by atoms with E-state index in [0.717, 1.165) is 29.2 Å². The van der Waals surface area contributed by atoms with Gasteiger partial charge in [-0.05, 0) is 12.5 Å². The summed E-state index contributed by atoms with van der Waals surface area (Å²) in [4.78, 5) is 45.0. The fourth-order valence-electron chi connectivity index (χ4n) is 1.89. The average molecular weight is 310 g/mol. The summed E-state index contributed by atoms with van der Waals surface area (Å²) >= 11 is 0. The van der Waals surface area contributed by atoms with Gasteiger partial charge in [-0.1, -0.05) is 0 Å². The maximum absolute atomic E-state index is 11.3. The zero-order valence-electron chi connectivity index (χ0n) is 11.8. The highest BCUT2D eigenvalue weighted by atomic mass is 16.3. The normalized spacial score (nSPS) is 17.1. The molecule has 1 heterocycles. The van der Waals surface area contributed by atoms with Crippen LogP contribution in [0.1, 0.15) is 6.42 Å². The van der Waals surface area contributed by atoms with Gasteiger partial charge in [0.15, 0.2) is 0 Å². The number of imide groups is 1. The van der Waals surface area contributed by atoms with Crippen molar-refractivity contribution in [2.75, 3.05) is 19.7 Å². The minimum absolute atomic E-state index is 0.000159. The Morgan fingerprint density at radius 3 is 2.50 bits per heavy atom. The second kappa shape index (κ2) is 8.85. The van der Waals surface area contributed by atoms with E-state index in [0.29, 0.717) is 6.29 Å². The Labute approximate surface area is 127 Å². The van der Waals surface area contributed by atoms with Gasteiger partial charge in [0.25, 0.3) is 11.8 Å². The highest BCUT2D eigenvalue weighted by molar-refractivity contribution is 6.12. The summed E-state index contributed by atoms with van der Waals surface area (Å²) in [6, 6.07) is 0. The van der Waals surface area contributed by atoms with Crippen LogP contribution in [0.2, 0.25) is 0 Å². The fraction of sp³-hybridized carbons (Fsp3) is 0.429. The Hall–Kier alpha value is -2.32. The molecule has 0 aromatic rings. The molecule has 8 nitrogen and oxygen atoms in total. The van der Waals surface area contributed by atoms with E-state index >= 15 is 0 Å². The first-order chi connectivity index (χ1) is 10.5. The predicted molar refractivity (Wildman–Crippen MR) is 75.3 cm³/mol. The minimum atomic E-state index is -0.999. The van der Waals surface area contributed by atoms with Crippen LogP contribution in [0.4, 0.5) is 0 Å². The van der Waals surface area contributed by atoms with Gasteiger partial charge in [-0.3, -0.25) is 24.1 Å². The van der Waals surface area contributed by atoms with Crippen LogP contribution >= 0.6 is 0 Å². The summed E-state index contributed by atoms with van der Waals surface area (Å²) in [6.45, 7) is -0.347. The first kappa shape index (κ1) is 17.7. The van der Waals surface area contributed by atoms with Crippen molar-refractivity contribution in [1.82, 2.24) is 10.2 Å². The van der Waals surface area contributed by atoms with E-state index in [1.165, 1.54) is 0 Å². The summed E-state index contributed by atoms with van der Waals surface area (Å²) in [7, 11) is 0. The first-order valence-electron chi connectivity index (χ1n) is 6.71. The Kier molecular flexibility index (Phi) is 7.14. The SMILES string of the molecule is O=C/C=C\C(=O)NCC(CO)C(O)CCN1C(=O)C=CC1=O. The van der Waals surface area contributed by atoms with Crippen molar-refractivity contribution in [1.29, 1.82) is 0 Å². The predicted octanol–water partition coefficient (Wildman–Crippen LogP) is -1.86. The van der Waals surface area contributed by atoms with Crippen LogP contribution in [-0.2, 0) is 19.2 Å². The number of nitrogens with one attached hydrogen (secondary N) is 1. The third kappa shape index (κ3) is 5.23. The lowest BCUT2D eigenvalue weighted by Crippen LogP contribution is -2.39. The average Bonchev–Trinajstić information content (AvgIpc) is 2.82. The van der Waals surface area contributed by atoms with Crippen molar-refractivity contribution in [2.24, 2.45) is 5.92 Å². The second-order valence-corrected chi connectivity index (χ2v) is 4.70. The van der Waals surface area contributed by atoms with Gasteiger partial charge in [0.2, 0.25) is 5.91 Å². The zero-order chi connectivity index (χ0) is 16.5. The molecule has 22 heavy (non-hydrogen) atoms. The molecular formula is C14H18N2O6. The molecular weight excluding hydrogens is 292 g/mol. The highest BCUT2D eigenvalue weighted by Gasteiger charge is 2.26. The van der Waals surface area contributed by atoms with E-state index in [4.69, 9.17) is 0 Å². The van der Waals surface area contributed by atoms with Gasteiger partial charge in [-0.15, -0.1) is 0 Å². The maximum Gasteiger partial charge on any atom is 0.253 e. The van der Waals surface area contributed by atoms with Gasteiger partial charge < -0.3 is 15.5 Å². The highest BCUT2D eigenvalue weighted by Crippen LogP contribution is 2.10. The molecule has 0 fully saturated rings. The topological polar surface area (TPSA) is 124 Å². The number of rotatable bonds is 9. The molecule has 2 atom stereocenters. The molecule has 3 N–H and O–H groups in total. The minimum Gasteiger partial charge on any atom is -0.396 e. The Bertz CT molecular complexity index is 482. The Morgan fingerprint density at radius 2 is 1.95 bits per heavy atom. The summed E-state index contributed by atoms with van der Waals surface area (Å²) in [5.41, 5.74) is 0. The standard InChI is InChI=1S/C14H18N2O6/c17-7-1-2-12(20)15-8-10(9-18)11(19)5-6-16-13(21)3-4-14(16)22/h1-4,7,10-11,18-19H,5-6,8-9H2,(H,15,20)/b2-1-. The van der Waals surface area contributed by atoms with E-state index in [2.05, 4.69) is 5.32 Å². The molecule has 0 spiro atoms. The zero-order valence-corrected chi connectivity index (χ0v) is 11.8. The molecule has 0 aliphatic carbocycles. The third-order valence-corrected chi connectivity index (χ3v) is 3.19. The number of aldehydes is 1. The lowest BCUT2D eigenvalue weighted by molar-refractivity contribution is -0.137. The molecule has 0 saturated carbocycles. The van der Waals surface area contributed by atoms with E-state index in [9.17, 15) is 29.4 Å². The smallest absolute Gasteiger partial charge is 0.253 e. The van der Waals surface area contributed by atoms with Gasteiger partial charge in [-0.2, -0.15) is 0 Å². The van der Waals surface area contributed by atoms with E-state index in [-0.39, 0.29) is 26.1 Å². The molecule has 120 valence electrons.